The maximum atomic E-state index is 14.3. The van der Waals surface area contributed by atoms with Crippen LogP contribution in [-0.2, 0) is 17.8 Å². The van der Waals surface area contributed by atoms with Gasteiger partial charge in [-0.05, 0) is 79.6 Å². The van der Waals surface area contributed by atoms with E-state index in [1.165, 1.54) is 6.07 Å². The molecular formula is C38H48F2N4O4. The molecule has 258 valence electrons. The smallest absolute Gasteiger partial charge is 0.253 e. The molecule has 3 N–H and O–H groups in total. The molecule has 0 saturated carbocycles. The van der Waals surface area contributed by atoms with E-state index >= 15 is 0 Å². The van der Waals surface area contributed by atoms with Crippen LogP contribution >= 0.6 is 0 Å². The Labute approximate surface area is 282 Å². The van der Waals surface area contributed by atoms with Crippen molar-refractivity contribution >= 4 is 17.7 Å². The predicted octanol–water partition coefficient (Wildman–Crippen LogP) is 5.41. The minimum absolute atomic E-state index is 0.112. The van der Waals surface area contributed by atoms with Gasteiger partial charge >= 0.3 is 0 Å². The van der Waals surface area contributed by atoms with Crippen LogP contribution in [0.4, 0.5) is 8.78 Å². The van der Waals surface area contributed by atoms with Crippen molar-refractivity contribution in [2.24, 2.45) is 0 Å². The van der Waals surface area contributed by atoms with Crippen LogP contribution in [0.15, 0.2) is 66.7 Å². The van der Waals surface area contributed by atoms with Gasteiger partial charge in [0.1, 0.15) is 17.7 Å². The molecule has 1 saturated heterocycles. The van der Waals surface area contributed by atoms with Crippen LogP contribution in [0.2, 0.25) is 0 Å². The van der Waals surface area contributed by atoms with Gasteiger partial charge in [0, 0.05) is 49.4 Å². The van der Waals surface area contributed by atoms with E-state index in [4.69, 9.17) is 0 Å². The van der Waals surface area contributed by atoms with E-state index in [1.54, 1.807) is 28.9 Å². The second-order valence-electron chi connectivity index (χ2n) is 12.8. The number of halogens is 2. The van der Waals surface area contributed by atoms with E-state index in [9.17, 15) is 28.3 Å². The Morgan fingerprint density at radius 1 is 0.938 bits per heavy atom. The lowest BCUT2D eigenvalue weighted by molar-refractivity contribution is -0.142. The maximum Gasteiger partial charge on any atom is 0.253 e. The third-order valence-corrected chi connectivity index (χ3v) is 8.60. The molecule has 8 nitrogen and oxygen atoms in total. The minimum atomic E-state index is -1.46. The molecule has 0 spiro atoms. The third kappa shape index (κ3) is 9.70. The number of aliphatic hydroxyl groups is 1. The summed E-state index contributed by atoms with van der Waals surface area (Å²) in [5, 5.41) is 18.0. The van der Waals surface area contributed by atoms with Crippen LogP contribution in [0.5, 0.6) is 0 Å². The zero-order valence-corrected chi connectivity index (χ0v) is 28.3. The normalized spacial score (nSPS) is 17.6. The van der Waals surface area contributed by atoms with Crippen LogP contribution in [-0.4, -0.2) is 76.5 Å². The van der Waals surface area contributed by atoms with Crippen LogP contribution in [0, 0.1) is 18.6 Å². The van der Waals surface area contributed by atoms with Gasteiger partial charge in [0.25, 0.3) is 11.8 Å². The van der Waals surface area contributed by atoms with Gasteiger partial charge in [0.2, 0.25) is 5.91 Å². The summed E-state index contributed by atoms with van der Waals surface area (Å²) in [6.07, 6.45) is 1.58. The van der Waals surface area contributed by atoms with Crippen molar-refractivity contribution in [2.45, 2.75) is 90.6 Å². The average Bonchev–Trinajstić information content (AvgIpc) is 3.05. The zero-order valence-electron chi connectivity index (χ0n) is 28.3. The number of piperazine rings is 1. The van der Waals surface area contributed by atoms with Gasteiger partial charge in [0.15, 0.2) is 0 Å². The fraction of sp³-hybridized carbons (Fsp3) is 0.447. The first-order valence-electron chi connectivity index (χ1n) is 17.0. The molecule has 1 fully saturated rings. The standard InChI is InChI=1S/C38H48F2N4O4/c1-5-11-32-24-44(23-26-12-9-8-10-13-26)38(48)34(41-32)35(45)33(20-27-18-30(39)22-31(40)19-27)42-36(46)28-16-25(4)17-29(21-28)37(47)43(14-6-2)15-7-3/h8-10,12-13,16-19,21-22,32-35,41,45H,5-7,11,14-15,20,23-24H2,1-4H3,(H,42,46)/t32?,33-,34-,35-/m0/s1. The number of aliphatic hydroxyl groups excluding tert-OH is 1. The molecule has 1 aliphatic heterocycles. The number of rotatable bonds is 15. The van der Waals surface area contributed by atoms with Gasteiger partial charge in [-0.1, -0.05) is 57.5 Å². The molecule has 0 bridgehead atoms. The summed E-state index contributed by atoms with van der Waals surface area (Å²) in [6.45, 7) is 9.80. The Morgan fingerprint density at radius 2 is 1.58 bits per heavy atom. The first-order chi connectivity index (χ1) is 23.0. The molecule has 3 aromatic carbocycles. The number of hydrogen-bond acceptors (Lipinski definition) is 5. The molecule has 0 aliphatic carbocycles. The van der Waals surface area contributed by atoms with E-state index < -0.39 is 35.7 Å². The van der Waals surface area contributed by atoms with Gasteiger partial charge < -0.3 is 20.2 Å². The van der Waals surface area contributed by atoms with Crippen LogP contribution < -0.4 is 10.6 Å². The van der Waals surface area contributed by atoms with E-state index in [1.807, 2.05) is 51.1 Å². The number of hydrogen-bond donors (Lipinski definition) is 3. The van der Waals surface area contributed by atoms with E-state index in [0.29, 0.717) is 37.3 Å². The average molecular weight is 663 g/mol. The number of amides is 3. The topological polar surface area (TPSA) is 102 Å². The summed E-state index contributed by atoms with van der Waals surface area (Å²) in [5.41, 5.74) is 2.42. The molecule has 1 unspecified atom stereocenters. The van der Waals surface area contributed by atoms with E-state index in [0.717, 1.165) is 49.4 Å². The molecule has 10 heteroatoms. The SMILES string of the molecule is CCCC1CN(Cc2ccccc2)C(=O)[C@H]([C@@H](O)[C@H](Cc2cc(F)cc(F)c2)NC(=O)c2cc(C)cc(C(=O)N(CCC)CCC)c2)N1. The van der Waals surface area contributed by atoms with Gasteiger partial charge in [-0.3, -0.25) is 19.7 Å². The monoisotopic (exact) mass is 662 g/mol. The second-order valence-corrected chi connectivity index (χ2v) is 12.8. The molecule has 1 heterocycles. The zero-order chi connectivity index (χ0) is 34.8. The molecule has 1 aliphatic rings. The Bertz CT molecular complexity index is 1530. The number of carbonyl (C=O) groups excluding carboxylic acids is 3. The quantitative estimate of drug-likeness (QED) is 0.202. The summed E-state index contributed by atoms with van der Waals surface area (Å²) < 4.78 is 28.5. The number of nitrogens with one attached hydrogen (secondary N) is 2. The Morgan fingerprint density at radius 3 is 2.21 bits per heavy atom. The number of benzene rings is 3. The highest BCUT2D eigenvalue weighted by Crippen LogP contribution is 2.21. The summed E-state index contributed by atoms with van der Waals surface area (Å²) in [4.78, 5) is 44.6. The Hall–Kier alpha value is -4.15. The number of nitrogens with zero attached hydrogens (tertiary/aromatic N) is 2. The summed E-state index contributed by atoms with van der Waals surface area (Å²) in [5.74, 6) is -2.68. The molecule has 4 rings (SSSR count). The molecule has 3 amide bonds. The van der Waals surface area contributed by atoms with Crippen molar-refractivity contribution in [3.05, 3.63) is 106 Å². The van der Waals surface area contributed by atoms with Crippen molar-refractivity contribution in [2.75, 3.05) is 19.6 Å². The van der Waals surface area contributed by atoms with Crippen molar-refractivity contribution in [1.82, 2.24) is 20.4 Å². The molecule has 4 atom stereocenters. The van der Waals surface area contributed by atoms with Crippen molar-refractivity contribution in [3.8, 4) is 0 Å². The summed E-state index contributed by atoms with van der Waals surface area (Å²) in [7, 11) is 0. The first-order valence-corrected chi connectivity index (χ1v) is 17.0. The van der Waals surface area contributed by atoms with Crippen molar-refractivity contribution < 1.29 is 28.3 Å². The molecular weight excluding hydrogens is 614 g/mol. The van der Waals surface area contributed by atoms with Crippen LogP contribution in [0.1, 0.15) is 83.9 Å². The summed E-state index contributed by atoms with van der Waals surface area (Å²) in [6, 6.07) is 15.2. The molecule has 3 aromatic rings. The lowest BCUT2D eigenvalue weighted by Crippen LogP contribution is -2.66. The second kappa shape index (κ2) is 17.3. The van der Waals surface area contributed by atoms with Gasteiger partial charge in [-0.2, -0.15) is 0 Å². The predicted molar refractivity (Wildman–Crippen MR) is 182 cm³/mol. The maximum absolute atomic E-state index is 14.3. The van der Waals surface area contributed by atoms with Gasteiger partial charge in [0.05, 0.1) is 12.1 Å². The lowest BCUT2D eigenvalue weighted by atomic mass is 9.92. The lowest BCUT2D eigenvalue weighted by Gasteiger charge is -2.42. The Kier molecular flexibility index (Phi) is 13.2. The van der Waals surface area contributed by atoms with Crippen molar-refractivity contribution in [1.29, 1.82) is 0 Å². The Balaban J connectivity index is 1.66. The fourth-order valence-corrected chi connectivity index (χ4v) is 6.44. The van der Waals surface area contributed by atoms with Crippen LogP contribution in [0.3, 0.4) is 0 Å². The van der Waals surface area contributed by atoms with Crippen molar-refractivity contribution in [3.63, 3.8) is 0 Å². The fourth-order valence-electron chi connectivity index (χ4n) is 6.44. The summed E-state index contributed by atoms with van der Waals surface area (Å²) >= 11 is 0. The highest BCUT2D eigenvalue weighted by atomic mass is 19.1. The first kappa shape index (κ1) is 36.7. The van der Waals surface area contributed by atoms with Gasteiger partial charge in [-0.25, -0.2) is 8.78 Å². The highest BCUT2D eigenvalue weighted by molar-refractivity contribution is 6.00. The number of carbonyl (C=O) groups is 3. The van der Waals surface area contributed by atoms with Crippen LogP contribution in [0.25, 0.3) is 0 Å². The number of aryl methyl sites for hydroxylation is 1. The van der Waals surface area contributed by atoms with E-state index in [-0.39, 0.29) is 35.4 Å². The molecule has 0 aromatic heterocycles. The molecule has 0 radical (unpaired) electrons. The third-order valence-electron chi connectivity index (χ3n) is 8.60. The van der Waals surface area contributed by atoms with Gasteiger partial charge in [-0.15, -0.1) is 0 Å². The minimum Gasteiger partial charge on any atom is -0.389 e. The van der Waals surface area contributed by atoms with E-state index in [2.05, 4.69) is 10.6 Å². The largest absolute Gasteiger partial charge is 0.389 e. The molecule has 48 heavy (non-hydrogen) atoms. The highest BCUT2D eigenvalue weighted by Gasteiger charge is 2.41.